The third kappa shape index (κ3) is 8.82. The number of pyridine rings is 1. The highest BCUT2D eigenvalue weighted by Crippen LogP contribution is 2.47. The van der Waals surface area contributed by atoms with Crippen LogP contribution >= 0.6 is 0 Å². The quantitative estimate of drug-likeness (QED) is 0.281. The fourth-order valence-electron chi connectivity index (χ4n) is 9.12. The maximum absolute atomic E-state index is 14.9. The summed E-state index contributed by atoms with van der Waals surface area (Å²) < 4.78 is 39.1. The van der Waals surface area contributed by atoms with Crippen molar-refractivity contribution in [3.05, 3.63) is 72.3 Å². The Kier molecular flexibility index (Phi) is 11.3. The van der Waals surface area contributed by atoms with Crippen LogP contribution < -0.4 is 20.1 Å². The van der Waals surface area contributed by atoms with E-state index in [9.17, 15) is 32.4 Å². The van der Waals surface area contributed by atoms with Gasteiger partial charge in [-0.2, -0.15) is 0 Å². The number of carbonyl (C=O) groups excluding carboxylic acids is 5. The van der Waals surface area contributed by atoms with E-state index < -0.39 is 74.1 Å². The van der Waals surface area contributed by atoms with Crippen LogP contribution in [0, 0.1) is 17.8 Å². The Labute approximate surface area is 356 Å². The molecule has 2 saturated heterocycles. The van der Waals surface area contributed by atoms with E-state index >= 15 is 0 Å². The van der Waals surface area contributed by atoms with Crippen molar-refractivity contribution in [3.8, 4) is 17.0 Å². The Hall–Kier alpha value is -5.51. The van der Waals surface area contributed by atoms with Crippen LogP contribution in [-0.2, 0) is 29.1 Å². The van der Waals surface area contributed by atoms with E-state index in [1.54, 1.807) is 38.8 Å². The number of amides is 5. The number of benzene rings is 2. The molecule has 0 unspecified atom stereocenters. The molecule has 8 rings (SSSR count). The van der Waals surface area contributed by atoms with Gasteiger partial charge in [-0.05, 0) is 95.7 Å². The number of hydrogen-bond donors (Lipinski definition) is 3. The van der Waals surface area contributed by atoms with Gasteiger partial charge in [-0.1, -0.05) is 43.2 Å². The van der Waals surface area contributed by atoms with Gasteiger partial charge < -0.3 is 29.9 Å². The number of rotatable bonds is 7. The fourth-order valence-corrected chi connectivity index (χ4v) is 10.5. The van der Waals surface area contributed by atoms with Gasteiger partial charge in [-0.25, -0.2) is 18.2 Å². The van der Waals surface area contributed by atoms with Crippen molar-refractivity contribution in [2.24, 2.45) is 17.8 Å². The van der Waals surface area contributed by atoms with Crippen molar-refractivity contribution in [2.45, 2.75) is 101 Å². The second kappa shape index (κ2) is 16.4. The van der Waals surface area contributed by atoms with Crippen molar-refractivity contribution in [1.29, 1.82) is 0 Å². The number of ether oxygens (including phenoxy) is 2. The number of para-hydroxylation sites is 1. The number of allylic oxidation sites excluding steroid dienone is 1. The zero-order valence-corrected chi connectivity index (χ0v) is 35.8. The van der Waals surface area contributed by atoms with Gasteiger partial charge in [-0.3, -0.25) is 23.9 Å². The molecule has 3 aromatic rings. The van der Waals surface area contributed by atoms with Crippen molar-refractivity contribution < 1.29 is 41.9 Å². The summed E-state index contributed by atoms with van der Waals surface area (Å²) in [6.07, 6.45) is 7.32. The van der Waals surface area contributed by atoms with Crippen LogP contribution in [0.25, 0.3) is 22.2 Å². The lowest BCUT2D eigenvalue weighted by Gasteiger charge is -2.33. The van der Waals surface area contributed by atoms with Gasteiger partial charge >= 0.3 is 6.09 Å². The molecule has 0 bridgehead atoms. The van der Waals surface area contributed by atoms with Crippen molar-refractivity contribution in [2.75, 3.05) is 26.7 Å². The molecule has 2 saturated carbocycles. The summed E-state index contributed by atoms with van der Waals surface area (Å²) in [5.74, 6) is -2.77. The number of aromatic nitrogens is 1. The Morgan fingerprint density at radius 2 is 1.70 bits per heavy atom. The van der Waals surface area contributed by atoms with Crippen molar-refractivity contribution >= 4 is 50.6 Å². The molecule has 6 atom stereocenters. The van der Waals surface area contributed by atoms with Crippen LogP contribution in [0.5, 0.6) is 5.75 Å². The zero-order chi connectivity index (χ0) is 43.3. The number of hydrogen-bond acceptors (Lipinski definition) is 10. The van der Waals surface area contributed by atoms with Gasteiger partial charge in [0, 0.05) is 48.3 Å². The average Bonchev–Trinajstić information content (AvgIpc) is 4.12. The van der Waals surface area contributed by atoms with Crippen LogP contribution in [0.1, 0.15) is 82.5 Å². The van der Waals surface area contributed by atoms with Crippen LogP contribution in [0.4, 0.5) is 4.79 Å². The Bertz CT molecular complexity index is 2380. The first kappa shape index (κ1) is 42.2. The SMILES string of the molecule is COc1ccc(-c2cc(C(=O)N3C[C@H]4CN5C(=O)[C@H](NC(=O)OC(C)(C)C)CCCCC/C=C\[C@H]6C[C@@]6(C(=O)NS(=O)(=O)C6CC6)NC(=O)[C@@H]5[C@H]4C3)c3ccccc3n2)cc1. The monoisotopic (exact) mass is 854 g/mol. The lowest BCUT2D eigenvalue weighted by Crippen LogP contribution is -2.60. The molecular weight excluding hydrogens is 801 g/mol. The zero-order valence-electron chi connectivity index (χ0n) is 35.0. The molecule has 61 heavy (non-hydrogen) atoms. The Balaban J connectivity index is 1.12. The number of alkyl carbamates (subject to hydrolysis) is 1. The lowest BCUT2D eigenvalue weighted by atomic mass is 9.93. The molecule has 16 heteroatoms. The predicted octanol–water partition coefficient (Wildman–Crippen LogP) is 4.71. The van der Waals surface area contributed by atoms with E-state index in [2.05, 4.69) is 15.4 Å². The smallest absolute Gasteiger partial charge is 0.408 e. The third-order valence-electron chi connectivity index (χ3n) is 12.5. The summed E-state index contributed by atoms with van der Waals surface area (Å²) in [4.78, 5) is 79.4. The third-order valence-corrected chi connectivity index (χ3v) is 14.3. The molecule has 324 valence electrons. The van der Waals surface area contributed by atoms with Crippen LogP contribution in [0.15, 0.2) is 66.7 Å². The number of likely N-dealkylation sites (tertiary alicyclic amines) is 1. The molecule has 0 radical (unpaired) electrons. The number of carbonyl (C=O) groups is 5. The molecule has 3 N–H and O–H groups in total. The maximum Gasteiger partial charge on any atom is 0.408 e. The van der Waals surface area contributed by atoms with Crippen molar-refractivity contribution in [1.82, 2.24) is 30.1 Å². The molecule has 2 aliphatic carbocycles. The summed E-state index contributed by atoms with van der Waals surface area (Å²) in [5, 5.41) is 5.75. The molecule has 2 aromatic carbocycles. The number of sulfonamides is 1. The minimum Gasteiger partial charge on any atom is -0.497 e. The van der Waals surface area contributed by atoms with Gasteiger partial charge in [0.2, 0.25) is 21.8 Å². The molecule has 4 fully saturated rings. The van der Waals surface area contributed by atoms with Gasteiger partial charge in [0.1, 0.15) is 29.0 Å². The summed E-state index contributed by atoms with van der Waals surface area (Å²) in [6, 6.07) is 14.5. The number of nitrogens with one attached hydrogen (secondary N) is 3. The van der Waals surface area contributed by atoms with E-state index in [0.29, 0.717) is 60.0 Å². The highest BCUT2D eigenvalue weighted by Gasteiger charge is 2.63. The lowest BCUT2D eigenvalue weighted by molar-refractivity contribution is -0.142. The largest absolute Gasteiger partial charge is 0.497 e. The first-order valence-corrected chi connectivity index (χ1v) is 22.8. The number of nitrogens with zero attached hydrogens (tertiary/aromatic N) is 3. The highest BCUT2D eigenvalue weighted by atomic mass is 32.2. The summed E-state index contributed by atoms with van der Waals surface area (Å²) in [5.41, 5.74) is 0.119. The normalized spacial score (nSPS) is 27.4. The molecular formula is C45H54N6O9S. The fraction of sp³-hybridized carbons (Fsp3) is 0.511. The Morgan fingerprint density at radius 1 is 0.951 bits per heavy atom. The van der Waals surface area contributed by atoms with E-state index in [4.69, 9.17) is 14.5 Å². The summed E-state index contributed by atoms with van der Waals surface area (Å²) in [6.45, 7) is 5.68. The van der Waals surface area contributed by atoms with Crippen LogP contribution in [0.2, 0.25) is 0 Å². The van der Waals surface area contributed by atoms with Gasteiger partial charge in [0.15, 0.2) is 0 Å². The van der Waals surface area contributed by atoms with Gasteiger partial charge in [0.05, 0.1) is 29.1 Å². The molecule has 0 spiro atoms. The molecule has 1 aromatic heterocycles. The van der Waals surface area contributed by atoms with Crippen LogP contribution in [0.3, 0.4) is 0 Å². The molecule has 5 aliphatic rings. The highest BCUT2D eigenvalue weighted by molar-refractivity contribution is 7.91. The molecule has 3 aliphatic heterocycles. The average molecular weight is 855 g/mol. The predicted molar refractivity (Wildman–Crippen MR) is 227 cm³/mol. The summed E-state index contributed by atoms with van der Waals surface area (Å²) in [7, 11) is -2.34. The van der Waals surface area contributed by atoms with E-state index in [1.165, 1.54) is 4.90 Å². The van der Waals surface area contributed by atoms with E-state index in [0.717, 1.165) is 18.4 Å². The van der Waals surface area contributed by atoms with Crippen LogP contribution in [-0.4, -0.2) is 108 Å². The Morgan fingerprint density at radius 3 is 2.43 bits per heavy atom. The molecule has 15 nitrogen and oxygen atoms in total. The topological polar surface area (TPSA) is 193 Å². The first-order valence-electron chi connectivity index (χ1n) is 21.2. The number of fused-ring (bicyclic) bond motifs is 5. The first-order chi connectivity index (χ1) is 29.1. The number of methoxy groups -OCH3 is 1. The standard InChI is InChI=1S/C45H54N6O9S/c1-44(2,3)60-43(56)47-36-15-9-7-5-6-8-12-29-23-45(29,42(55)49-61(57,58)31-20-21-31)48-39(52)38-34-26-50(24-28(34)25-51(38)41(36)54)40(53)33-22-37(27-16-18-30(59-4)19-17-27)46-35-14-11-10-13-32(33)35/h8,10-14,16-19,22,28-29,31,34,36,38H,5-7,9,15,20-21,23-26H2,1-4H3,(H,47,56)(H,48,52)(H,49,55)/b12-8-/t28-,29-,34-,36+,38-,45+/m0/s1. The van der Waals surface area contributed by atoms with E-state index in [-0.39, 0.29) is 37.9 Å². The maximum atomic E-state index is 14.9. The minimum absolute atomic E-state index is 0.116. The van der Waals surface area contributed by atoms with Gasteiger partial charge in [-0.15, -0.1) is 0 Å². The van der Waals surface area contributed by atoms with Gasteiger partial charge in [0.25, 0.3) is 11.8 Å². The van der Waals surface area contributed by atoms with E-state index in [1.807, 2.05) is 60.7 Å². The molecule has 4 heterocycles. The van der Waals surface area contributed by atoms with Crippen molar-refractivity contribution in [3.63, 3.8) is 0 Å². The second-order valence-corrected chi connectivity index (χ2v) is 20.0. The summed E-state index contributed by atoms with van der Waals surface area (Å²) >= 11 is 0. The minimum atomic E-state index is -3.93. The molecule has 5 amide bonds. The second-order valence-electron chi connectivity index (χ2n) is 18.1.